The number of anilines is 2. The Morgan fingerprint density at radius 3 is 2.36 bits per heavy atom. The minimum atomic E-state index is -0.331. The number of pyridine rings is 1. The SMILES string of the molecule is Cc1ccc(-n2nc(C(C)(C)C)cc2NC(=O)Nc2ccc(Sc3ccc4nnc(C5CCOCC5)n4c3)cc2)cc1. The summed E-state index contributed by atoms with van der Waals surface area (Å²) < 4.78 is 9.40. The van der Waals surface area contributed by atoms with Crippen molar-refractivity contribution in [3.05, 3.63) is 90.0 Å². The number of carbonyl (C=O) groups is 1. The first-order chi connectivity index (χ1) is 20.2. The highest BCUT2D eigenvalue weighted by atomic mass is 32.2. The predicted octanol–water partition coefficient (Wildman–Crippen LogP) is 7.21. The molecule has 0 radical (unpaired) electrons. The lowest BCUT2D eigenvalue weighted by Gasteiger charge is -2.20. The number of rotatable bonds is 6. The van der Waals surface area contributed by atoms with E-state index in [1.54, 1.807) is 16.4 Å². The van der Waals surface area contributed by atoms with Crippen molar-refractivity contribution in [2.75, 3.05) is 23.8 Å². The van der Waals surface area contributed by atoms with Crippen LogP contribution >= 0.6 is 11.8 Å². The number of benzene rings is 2. The third-order valence-electron chi connectivity index (χ3n) is 7.33. The Morgan fingerprint density at radius 1 is 0.929 bits per heavy atom. The Kier molecular flexibility index (Phi) is 7.74. The van der Waals surface area contributed by atoms with Gasteiger partial charge in [-0.25, -0.2) is 9.48 Å². The fraction of sp³-hybridized carbons (Fsp3) is 0.312. The summed E-state index contributed by atoms with van der Waals surface area (Å²) in [6.45, 7) is 9.89. The second-order valence-electron chi connectivity index (χ2n) is 11.7. The number of aromatic nitrogens is 5. The third kappa shape index (κ3) is 6.19. The van der Waals surface area contributed by atoms with E-state index < -0.39 is 0 Å². The van der Waals surface area contributed by atoms with Crippen LogP contribution in [0.2, 0.25) is 0 Å². The monoisotopic (exact) mass is 581 g/mol. The summed E-state index contributed by atoms with van der Waals surface area (Å²) in [5.41, 5.74) is 4.33. The zero-order valence-electron chi connectivity index (χ0n) is 24.3. The van der Waals surface area contributed by atoms with Gasteiger partial charge in [-0.3, -0.25) is 9.72 Å². The molecule has 0 spiro atoms. The molecule has 9 nitrogen and oxygen atoms in total. The number of aryl methyl sites for hydroxylation is 1. The number of hydrogen-bond acceptors (Lipinski definition) is 6. The maximum Gasteiger partial charge on any atom is 0.324 e. The zero-order valence-corrected chi connectivity index (χ0v) is 25.1. The third-order valence-corrected chi connectivity index (χ3v) is 8.32. The summed E-state index contributed by atoms with van der Waals surface area (Å²) in [5.74, 6) is 1.97. The van der Waals surface area contributed by atoms with E-state index in [0.717, 1.165) is 64.3 Å². The van der Waals surface area contributed by atoms with E-state index in [0.29, 0.717) is 17.4 Å². The summed E-state index contributed by atoms with van der Waals surface area (Å²) in [5, 5.41) is 19.6. The van der Waals surface area contributed by atoms with Crippen molar-refractivity contribution < 1.29 is 9.53 Å². The Balaban J connectivity index is 1.14. The van der Waals surface area contributed by atoms with Crippen LogP contribution in [0.25, 0.3) is 11.3 Å². The van der Waals surface area contributed by atoms with E-state index >= 15 is 0 Å². The molecule has 3 aromatic heterocycles. The average molecular weight is 582 g/mol. The molecule has 0 unspecified atom stereocenters. The zero-order chi connectivity index (χ0) is 29.3. The van der Waals surface area contributed by atoms with Gasteiger partial charge in [-0.2, -0.15) is 5.10 Å². The van der Waals surface area contributed by atoms with Gasteiger partial charge in [0.1, 0.15) is 11.6 Å². The fourth-order valence-corrected chi connectivity index (χ4v) is 5.76. The molecule has 1 saturated heterocycles. The fourth-order valence-electron chi connectivity index (χ4n) is 4.92. The van der Waals surface area contributed by atoms with Gasteiger partial charge < -0.3 is 10.1 Å². The normalized spacial score (nSPS) is 14.3. The molecule has 5 aromatic rings. The lowest BCUT2D eigenvalue weighted by molar-refractivity contribution is 0.0834. The second-order valence-corrected chi connectivity index (χ2v) is 12.8. The number of fused-ring (bicyclic) bond motifs is 1. The van der Waals surface area contributed by atoms with Crippen LogP contribution in [-0.2, 0) is 10.2 Å². The Hall–Kier alpha value is -4.15. The molecule has 0 aliphatic carbocycles. The standard InChI is InChI=1S/C32H35N7O2S/c1-21-5-9-24(10-6-21)39-29(19-27(37-39)32(2,3)4)34-31(40)33-23-7-11-25(12-8-23)42-26-13-14-28-35-36-30(38(28)20-26)22-15-17-41-18-16-22/h5-14,19-20,22H,15-18H2,1-4H3,(H2,33,34,40). The van der Waals surface area contributed by atoms with Gasteiger partial charge in [-0.1, -0.05) is 50.2 Å². The van der Waals surface area contributed by atoms with Crippen LogP contribution in [0, 0.1) is 6.92 Å². The molecule has 1 aliphatic heterocycles. The first-order valence-corrected chi connectivity index (χ1v) is 15.0. The Bertz CT molecular complexity index is 1700. The smallest absolute Gasteiger partial charge is 0.324 e. The van der Waals surface area contributed by atoms with Crippen LogP contribution in [-0.4, -0.2) is 43.6 Å². The van der Waals surface area contributed by atoms with Crippen molar-refractivity contribution in [2.24, 2.45) is 0 Å². The molecular formula is C32H35N7O2S. The van der Waals surface area contributed by atoms with Gasteiger partial charge in [0.05, 0.1) is 11.4 Å². The molecule has 2 aromatic carbocycles. The van der Waals surface area contributed by atoms with Crippen LogP contribution in [0.5, 0.6) is 0 Å². The Morgan fingerprint density at radius 2 is 1.64 bits per heavy atom. The van der Waals surface area contributed by atoms with Crippen LogP contribution < -0.4 is 10.6 Å². The molecule has 0 bridgehead atoms. The van der Waals surface area contributed by atoms with Crippen LogP contribution in [0.1, 0.15) is 56.6 Å². The molecule has 4 heterocycles. The number of urea groups is 1. The summed E-state index contributed by atoms with van der Waals surface area (Å²) in [4.78, 5) is 15.2. The van der Waals surface area contributed by atoms with Gasteiger partial charge in [0.25, 0.3) is 0 Å². The number of carbonyl (C=O) groups excluding carboxylic acids is 1. The number of nitrogens with zero attached hydrogens (tertiary/aromatic N) is 5. The molecule has 2 N–H and O–H groups in total. The number of ether oxygens (including phenoxy) is 1. The average Bonchev–Trinajstić information content (AvgIpc) is 3.59. The molecule has 6 rings (SSSR count). The lowest BCUT2D eigenvalue weighted by Crippen LogP contribution is -2.21. The Labute approximate surface area is 249 Å². The van der Waals surface area contributed by atoms with Crippen LogP contribution in [0.4, 0.5) is 16.3 Å². The summed E-state index contributed by atoms with van der Waals surface area (Å²) >= 11 is 1.66. The summed E-state index contributed by atoms with van der Waals surface area (Å²) in [7, 11) is 0. The van der Waals surface area contributed by atoms with Crippen LogP contribution in [0.3, 0.4) is 0 Å². The maximum absolute atomic E-state index is 13.0. The van der Waals surface area contributed by atoms with Crippen molar-refractivity contribution >= 4 is 34.9 Å². The molecule has 1 aliphatic rings. The second kappa shape index (κ2) is 11.6. The highest BCUT2D eigenvalue weighted by Gasteiger charge is 2.23. The molecule has 2 amide bonds. The van der Waals surface area contributed by atoms with E-state index in [9.17, 15) is 4.79 Å². The largest absolute Gasteiger partial charge is 0.381 e. The number of nitrogens with one attached hydrogen (secondary N) is 2. The van der Waals surface area contributed by atoms with Gasteiger partial charge in [0, 0.05) is 52.3 Å². The first-order valence-electron chi connectivity index (χ1n) is 14.2. The van der Waals surface area contributed by atoms with Gasteiger partial charge in [0.2, 0.25) is 0 Å². The van der Waals surface area contributed by atoms with E-state index in [4.69, 9.17) is 9.84 Å². The molecule has 10 heteroatoms. The molecule has 216 valence electrons. The van der Waals surface area contributed by atoms with Gasteiger partial charge in [-0.05, 0) is 68.3 Å². The number of hydrogen-bond donors (Lipinski definition) is 2. The van der Waals surface area contributed by atoms with E-state index in [2.05, 4.69) is 58.3 Å². The molecule has 1 fully saturated rings. The lowest BCUT2D eigenvalue weighted by atomic mass is 9.92. The van der Waals surface area contributed by atoms with E-state index in [1.165, 1.54) is 0 Å². The first kappa shape index (κ1) is 28.0. The maximum atomic E-state index is 13.0. The molecule has 42 heavy (non-hydrogen) atoms. The van der Waals surface area contributed by atoms with Gasteiger partial charge in [0.15, 0.2) is 5.65 Å². The van der Waals surface area contributed by atoms with Gasteiger partial charge in [-0.15, -0.1) is 10.2 Å². The van der Waals surface area contributed by atoms with Crippen molar-refractivity contribution in [1.82, 2.24) is 24.4 Å². The summed E-state index contributed by atoms with van der Waals surface area (Å²) in [6, 6.07) is 21.6. The highest BCUT2D eigenvalue weighted by molar-refractivity contribution is 7.99. The van der Waals surface area contributed by atoms with Crippen molar-refractivity contribution in [2.45, 2.75) is 61.7 Å². The highest BCUT2D eigenvalue weighted by Crippen LogP contribution is 2.31. The van der Waals surface area contributed by atoms with Crippen LogP contribution in [0.15, 0.2) is 82.7 Å². The number of amides is 2. The van der Waals surface area contributed by atoms with E-state index in [-0.39, 0.29) is 11.4 Å². The quantitative estimate of drug-likeness (QED) is 0.220. The van der Waals surface area contributed by atoms with Crippen molar-refractivity contribution in [3.63, 3.8) is 0 Å². The topological polar surface area (TPSA) is 98.4 Å². The van der Waals surface area contributed by atoms with Gasteiger partial charge >= 0.3 is 6.03 Å². The van der Waals surface area contributed by atoms with E-state index in [1.807, 2.05) is 67.6 Å². The minimum absolute atomic E-state index is 0.165. The van der Waals surface area contributed by atoms with Crippen molar-refractivity contribution in [3.8, 4) is 5.69 Å². The predicted molar refractivity (Wildman–Crippen MR) is 166 cm³/mol. The molecule has 0 atom stereocenters. The molecular weight excluding hydrogens is 546 g/mol. The molecule has 0 saturated carbocycles. The minimum Gasteiger partial charge on any atom is -0.381 e. The summed E-state index contributed by atoms with van der Waals surface area (Å²) in [6.07, 6.45) is 4.03. The van der Waals surface area contributed by atoms with Crippen molar-refractivity contribution in [1.29, 1.82) is 0 Å².